The molecular weight excluding hydrogens is 444 g/mol. The van der Waals surface area contributed by atoms with Crippen LogP contribution in [-0.2, 0) is 19.6 Å². The van der Waals surface area contributed by atoms with Gasteiger partial charge in [-0.2, -0.15) is 4.31 Å². The number of carbonyl (C=O) groups is 1. The minimum atomic E-state index is -3.77. The second kappa shape index (κ2) is 10.8. The Morgan fingerprint density at radius 1 is 1.16 bits per heavy atom. The van der Waals surface area contributed by atoms with E-state index in [2.05, 4.69) is 5.32 Å². The summed E-state index contributed by atoms with van der Waals surface area (Å²) in [5, 5.41) is 3.37. The van der Waals surface area contributed by atoms with Gasteiger partial charge in [0.1, 0.15) is 16.4 Å². The lowest BCUT2D eigenvalue weighted by atomic mass is 10.2. The largest absolute Gasteiger partial charge is 0.495 e. The van der Waals surface area contributed by atoms with E-state index < -0.39 is 10.0 Å². The number of hydrogen-bond acceptors (Lipinski definition) is 6. The van der Waals surface area contributed by atoms with Gasteiger partial charge in [0.15, 0.2) is 0 Å². The fraction of sp³-hybridized carbons (Fsp3) is 0.381. The van der Waals surface area contributed by atoms with Crippen LogP contribution in [0.15, 0.2) is 47.4 Å². The highest BCUT2D eigenvalue weighted by Crippen LogP contribution is 2.30. The summed E-state index contributed by atoms with van der Waals surface area (Å²) in [5.41, 5.74) is 0.385. The minimum absolute atomic E-state index is 0.0146. The smallest absolute Gasteiger partial charge is 0.246 e. The van der Waals surface area contributed by atoms with Crippen LogP contribution in [0.2, 0.25) is 5.02 Å². The molecule has 1 saturated heterocycles. The number of carbonyl (C=O) groups excluding carboxylic acids is 1. The molecule has 2 aromatic rings. The number of ether oxygens (including phenoxy) is 3. The zero-order valence-electron chi connectivity index (χ0n) is 17.2. The molecular formula is C21H25ClN2O6S. The molecule has 0 radical (unpaired) electrons. The van der Waals surface area contributed by atoms with Crippen LogP contribution in [0.25, 0.3) is 0 Å². The first-order chi connectivity index (χ1) is 14.9. The molecule has 10 heteroatoms. The van der Waals surface area contributed by atoms with Gasteiger partial charge in [0, 0.05) is 30.2 Å². The summed E-state index contributed by atoms with van der Waals surface area (Å²) in [6.45, 7) is 1.60. The number of hydrogen-bond donors (Lipinski definition) is 1. The van der Waals surface area contributed by atoms with Gasteiger partial charge in [-0.3, -0.25) is 4.79 Å². The van der Waals surface area contributed by atoms with Gasteiger partial charge in [-0.25, -0.2) is 8.42 Å². The van der Waals surface area contributed by atoms with Crippen molar-refractivity contribution < 1.29 is 27.4 Å². The number of nitrogens with zero attached hydrogens (tertiary/aromatic N) is 1. The molecule has 31 heavy (non-hydrogen) atoms. The zero-order valence-corrected chi connectivity index (χ0v) is 18.7. The van der Waals surface area contributed by atoms with Crippen molar-refractivity contribution in [1.82, 2.24) is 4.31 Å². The van der Waals surface area contributed by atoms with Crippen molar-refractivity contribution in [2.24, 2.45) is 0 Å². The maximum absolute atomic E-state index is 13.0. The number of benzene rings is 2. The van der Waals surface area contributed by atoms with Crippen molar-refractivity contribution in [3.8, 4) is 11.5 Å². The molecule has 1 aliphatic rings. The fourth-order valence-corrected chi connectivity index (χ4v) is 4.77. The van der Waals surface area contributed by atoms with Crippen LogP contribution in [0.4, 0.5) is 5.69 Å². The Morgan fingerprint density at radius 2 is 1.87 bits per heavy atom. The first-order valence-corrected chi connectivity index (χ1v) is 11.7. The number of amides is 1. The van der Waals surface area contributed by atoms with E-state index in [9.17, 15) is 13.2 Å². The van der Waals surface area contributed by atoms with Crippen LogP contribution in [0.5, 0.6) is 11.5 Å². The topological polar surface area (TPSA) is 94.2 Å². The van der Waals surface area contributed by atoms with E-state index >= 15 is 0 Å². The first-order valence-electron chi connectivity index (χ1n) is 9.84. The molecule has 1 aliphatic heterocycles. The summed E-state index contributed by atoms with van der Waals surface area (Å²) in [4.78, 5) is 12.3. The third kappa shape index (κ3) is 6.33. The highest BCUT2D eigenvalue weighted by Gasteiger charge is 2.29. The highest BCUT2D eigenvalue weighted by molar-refractivity contribution is 7.89. The molecule has 1 fully saturated rings. The van der Waals surface area contributed by atoms with Gasteiger partial charge in [-0.15, -0.1) is 0 Å². The van der Waals surface area contributed by atoms with Crippen LogP contribution >= 0.6 is 11.6 Å². The van der Waals surface area contributed by atoms with Crippen molar-refractivity contribution in [2.75, 3.05) is 45.3 Å². The Kier molecular flexibility index (Phi) is 8.14. The highest BCUT2D eigenvalue weighted by atomic mass is 35.5. The Labute approximate surface area is 187 Å². The summed E-state index contributed by atoms with van der Waals surface area (Å²) >= 11 is 5.83. The van der Waals surface area contributed by atoms with E-state index in [1.54, 1.807) is 30.3 Å². The van der Waals surface area contributed by atoms with Gasteiger partial charge in [0.2, 0.25) is 15.9 Å². The number of morpholine rings is 1. The normalized spacial score (nSPS) is 14.8. The lowest BCUT2D eigenvalue weighted by Crippen LogP contribution is -2.40. The van der Waals surface area contributed by atoms with Crippen molar-refractivity contribution in [3.05, 3.63) is 47.5 Å². The second-order valence-electron chi connectivity index (χ2n) is 6.84. The van der Waals surface area contributed by atoms with Crippen LogP contribution < -0.4 is 14.8 Å². The molecule has 0 spiro atoms. The number of methoxy groups -OCH3 is 1. The lowest BCUT2D eigenvalue weighted by Gasteiger charge is -2.26. The van der Waals surface area contributed by atoms with E-state index in [1.807, 2.05) is 0 Å². The van der Waals surface area contributed by atoms with E-state index in [0.717, 1.165) is 0 Å². The summed E-state index contributed by atoms with van der Waals surface area (Å²) in [7, 11) is -2.36. The Hall–Kier alpha value is -2.33. The van der Waals surface area contributed by atoms with Crippen LogP contribution in [0.3, 0.4) is 0 Å². The van der Waals surface area contributed by atoms with Crippen molar-refractivity contribution >= 4 is 33.2 Å². The minimum Gasteiger partial charge on any atom is -0.495 e. The fourth-order valence-electron chi connectivity index (χ4n) is 3.06. The van der Waals surface area contributed by atoms with Gasteiger partial charge in [0.25, 0.3) is 0 Å². The van der Waals surface area contributed by atoms with Crippen LogP contribution in [-0.4, -0.2) is 58.7 Å². The van der Waals surface area contributed by atoms with Gasteiger partial charge in [-0.05, 0) is 48.9 Å². The molecule has 168 valence electrons. The average Bonchev–Trinajstić information content (AvgIpc) is 2.78. The number of nitrogens with one attached hydrogen (secondary N) is 1. The second-order valence-corrected chi connectivity index (χ2v) is 9.18. The van der Waals surface area contributed by atoms with E-state index in [0.29, 0.717) is 42.7 Å². The van der Waals surface area contributed by atoms with Gasteiger partial charge >= 0.3 is 0 Å². The molecule has 0 aliphatic carbocycles. The molecule has 0 unspecified atom stereocenters. The summed E-state index contributed by atoms with van der Waals surface area (Å²) in [6, 6.07) is 11.6. The van der Waals surface area contributed by atoms with Crippen LogP contribution in [0.1, 0.15) is 12.8 Å². The van der Waals surface area contributed by atoms with Crippen LogP contribution in [0, 0.1) is 0 Å². The molecule has 1 heterocycles. The van der Waals surface area contributed by atoms with Crippen molar-refractivity contribution in [2.45, 2.75) is 17.7 Å². The van der Waals surface area contributed by atoms with Gasteiger partial charge in [-0.1, -0.05) is 11.6 Å². The third-order valence-electron chi connectivity index (χ3n) is 4.67. The predicted molar refractivity (Wildman–Crippen MR) is 117 cm³/mol. The molecule has 0 bridgehead atoms. The monoisotopic (exact) mass is 468 g/mol. The van der Waals surface area contributed by atoms with Gasteiger partial charge < -0.3 is 19.5 Å². The molecule has 2 aromatic carbocycles. The Morgan fingerprint density at radius 3 is 2.55 bits per heavy atom. The van der Waals surface area contributed by atoms with Gasteiger partial charge in [0.05, 0.1) is 26.9 Å². The molecule has 0 saturated carbocycles. The molecule has 0 atom stereocenters. The molecule has 1 N–H and O–H groups in total. The standard InChI is InChI=1S/C21H25ClN2O6S/c1-28-19-9-6-17(15-20(19)31(26,27)24-10-13-29-14-11-24)23-21(25)3-2-12-30-18-7-4-16(22)5-8-18/h4-9,15H,2-3,10-14H2,1H3,(H,23,25). The third-order valence-corrected chi connectivity index (χ3v) is 6.84. The predicted octanol–water partition coefficient (Wildman–Crippen LogP) is 3.17. The van der Waals surface area contributed by atoms with E-state index in [4.69, 9.17) is 25.8 Å². The SMILES string of the molecule is COc1ccc(NC(=O)CCCOc2ccc(Cl)cc2)cc1S(=O)(=O)N1CCOCC1. The van der Waals surface area contributed by atoms with E-state index in [-0.39, 0.29) is 36.1 Å². The number of anilines is 1. The van der Waals surface area contributed by atoms with Crippen molar-refractivity contribution in [3.63, 3.8) is 0 Å². The molecule has 3 rings (SSSR count). The maximum Gasteiger partial charge on any atom is 0.246 e. The average molecular weight is 469 g/mol. The van der Waals surface area contributed by atoms with E-state index in [1.165, 1.54) is 23.5 Å². The number of sulfonamides is 1. The Balaban J connectivity index is 1.58. The maximum atomic E-state index is 13.0. The zero-order chi connectivity index (χ0) is 22.3. The first kappa shape index (κ1) is 23.3. The van der Waals surface area contributed by atoms with Crippen molar-refractivity contribution in [1.29, 1.82) is 0 Å². The molecule has 0 aromatic heterocycles. The quantitative estimate of drug-likeness (QED) is 0.568. The number of halogens is 1. The number of rotatable bonds is 9. The lowest BCUT2D eigenvalue weighted by molar-refractivity contribution is -0.116. The Bertz CT molecular complexity index is 991. The molecule has 8 nitrogen and oxygen atoms in total. The summed E-state index contributed by atoms with van der Waals surface area (Å²) < 4.78 is 43.4. The summed E-state index contributed by atoms with van der Waals surface area (Å²) in [5.74, 6) is 0.665. The summed E-state index contributed by atoms with van der Waals surface area (Å²) in [6.07, 6.45) is 0.731. The molecule has 1 amide bonds.